The van der Waals surface area contributed by atoms with Gasteiger partial charge in [0.2, 0.25) is 6.04 Å². The van der Waals surface area contributed by atoms with E-state index < -0.39 is 6.04 Å². The zero-order chi connectivity index (χ0) is 16.2. The molecule has 23 heavy (non-hydrogen) atoms. The molecule has 0 saturated carbocycles. The number of ether oxygens (including phenoxy) is 1. The van der Waals surface area contributed by atoms with Gasteiger partial charge in [0.05, 0.1) is 19.6 Å². The molecule has 1 aliphatic rings. The summed E-state index contributed by atoms with van der Waals surface area (Å²) in [6, 6.07) is 17.1. The second-order valence-corrected chi connectivity index (χ2v) is 5.91. The Bertz CT molecular complexity index is 658. The quantitative estimate of drug-likeness (QED) is 0.629. The molecule has 0 aliphatic carbocycles. The molecule has 0 amide bonds. The smallest absolute Gasteiger partial charge is 0.233 e. The average molecular weight is 312 g/mol. The molecule has 0 unspecified atom stereocenters. The molecule has 0 N–H and O–H groups in total. The van der Waals surface area contributed by atoms with E-state index in [-0.39, 0.29) is 10.8 Å². The van der Waals surface area contributed by atoms with Crippen LogP contribution in [0.1, 0.15) is 17.0 Å². The van der Waals surface area contributed by atoms with Crippen LogP contribution in [0, 0.1) is 10.1 Å². The van der Waals surface area contributed by atoms with Crippen molar-refractivity contribution in [3.05, 3.63) is 75.8 Å². The fraction of sp³-hybridized carbons (Fsp3) is 0.333. The van der Waals surface area contributed by atoms with Gasteiger partial charge < -0.3 is 4.74 Å². The standard InChI is InChI=1S/C18H20N2O3/c1-23-16-9-7-15(8-10-16)17-12-19(13-18(17)20(21)22)11-14-5-3-2-4-6-14/h2-10,17-18H,11-13H2,1H3/t17-,18+/m0/s1. The van der Waals surface area contributed by atoms with Gasteiger partial charge in [0, 0.05) is 18.0 Å². The zero-order valence-electron chi connectivity index (χ0n) is 13.1. The van der Waals surface area contributed by atoms with Gasteiger partial charge in [-0.1, -0.05) is 42.5 Å². The molecule has 2 atom stereocenters. The monoisotopic (exact) mass is 312 g/mol. The molecule has 5 nitrogen and oxygen atoms in total. The largest absolute Gasteiger partial charge is 0.497 e. The minimum atomic E-state index is -0.563. The van der Waals surface area contributed by atoms with Crippen LogP contribution in [-0.4, -0.2) is 36.1 Å². The maximum absolute atomic E-state index is 11.5. The van der Waals surface area contributed by atoms with Crippen LogP contribution in [0.25, 0.3) is 0 Å². The highest BCUT2D eigenvalue weighted by Crippen LogP contribution is 2.31. The highest BCUT2D eigenvalue weighted by Gasteiger charge is 2.41. The first-order valence-corrected chi connectivity index (χ1v) is 7.71. The van der Waals surface area contributed by atoms with Crippen molar-refractivity contribution in [1.82, 2.24) is 4.90 Å². The van der Waals surface area contributed by atoms with E-state index in [1.807, 2.05) is 42.5 Å². The Balaban J connectivity index is 1.76. The summed E-state index contributed by atoms with van der Waals surface area (Å²) in [6.07, 6.45) is 0. The molecule has 0 radical (unpaired) electrons. The lowest BCUT2D eigenvalue weighted by Crippen LogP contribution is -2.28. The van der Waals surface area contributed by atoms with E-state index in [0.717, 1.165) is 17.9 Å². The molecule has 3 rings (SSSR count). The normalized spacial score (nSPS) is 21.3. The van der Waals surface area contributed by atoms with Gasteiger partial charge >= 0.3 is 0 Å². The Labute approximate surface area is 135 Å². The lowest BCUT2D eigenvalue weighted by molar-refractivity contribution is -0.521. The van der Waals surface area contributed by atoms with Gasteiger partial charge in [-0.25, -0.2) is 0 Å². The van der Waals surface area contributed by atoms with Crippen molar-refractivity contribution in [3.8, 4) is 5.75 Å². The van der Waals surface area contributed by atoms with Gasteiger partial charge in [-0.3, -0.25) is 15.0 Å². The first kappa shape index (κ1) is 15.5. The number of benzene rings is 2. The Hall–Kier alpha value is -2.40. The number of methoxy groups -OCH3 is 1. The van der Waals surface area contributed by atoms with Crippen molar-refractivity contribution in [2.24, 2.45) is 0 Å². The summed E-state index contributed by atoms with van der Waals surface area (Å²) in [4.78, 5) is 13.5. The number of likely N-dealkylation sites (tertiary alicyclic amines) is 1. The molecule has 2 aromatic rings. The summed E-state index contributed by atoms with van der Waals surface area (Å²) in [7, 11) is 1.62. The zero-order valence-corrected chi connectivity index (χ0v) is 13.1. The maximum Gasteiger partial charge on any atom is 0.233 e. The van der Waals surface area contributed by atoms with Crippen LogP contribution in [0.15, 0.2) is 54.6 Å². The summed E-state index contributed by atoms with van der Waals surface area (Å²) >= 11 is 0. The SMILES string of the molecule is COc1ccc([C@@H]2CN(Cc3ccccc3)C[C@H]2[N+](=O)[O-])cc1. The van der Waals surface area contributed by atoms with Crippen LogP contribution in [0.2, 0.25) is 0 Å². The van der Waals surface area contributed by atoms with E-state index in [9.17, 15) is 10.1 Å². The summed E-state index contributed by atoms with van der Waals surface area (Å²) in [5.41, 5.74) is 2.19. The Morgan fingerprint density at radius 2 is 1.83 bits per heavy atom. The molecule has 1 heterocycles. The molecule has 120 valence electrons. The Kier molecular flexibility index (Phi) is 4.57. The van der Waals surface area contributed by atoms with Crippen molar-refractivity contribution < 1.29 is 9.66 Å². The van der Waals surface area contributed by atoms with Crippen LogP contribution in [-0.2, 0) is 6.54 Å². The third kappa shape index (κ3) is 3.51. The molecule has 2 aromatic carbocycles. The number of nitrogens with zero attached hydrogens (tertiary/aromatic N) is 2. The van der Waals surface area contributed by atoms with Crippen molar-refractivity contribution >= 4 is 0 Å². The van der Waals surface area contributed by atoms with Crippen LogP contribution < -0.4 is 4.74 Å². The van der Waals surface area contributed by atoms with Crippen molar-refractivity contribution in [3.63, 3.8) is 0 Å². The number of rotatable bonds is 5. The van der Waals surface area contributed by atoms with Crippen molar-refractivity contribution in [2.75, 3.05) is 20.2 Å². The molecular weight excluding hydrogens is 292 g/mol. The van der Waals surface area contributed by atoms with Gasteiger partial charge in [-0.05, 0) is 23.3 Å². The molecule has 0 aromatic heterocycles. The van der Waals surface area contributed by atoms with E-state index in [0.29, 0.717) is 13.1 Å². The third-order valence-electron chi connectivity index (χ3n) is 4.43. The van der Waals surface area contributed by atoms with Crippen molar-refractivity contribution in [1.29, 1.82) is 0 Å². The van der Waals surface area contributed by atoms with E-state index in [2.05, 4.69) is 17.0 Å². The predicted octanol–water partition coefficient (Wildman–Crippen LogP) is 2.94. The molecule has 1 aliphatic heterocycles. The van der Waals surface area contributed by atoms with Crippen molar-refractivity contribution in [2.45, 2.75) is 18.5 Å². The number of hydrogen-bond acceptors (Lipinski definition) is 4. The Morgan fingerprint density at radius 3 is 2.43 bits per heavy atom. The van der Waals surface area contributed by atoms with E-state index in [1.165, 1.54) is 5.56 Å². The molecule has 0 spiro atoms. The molecule has 5 heteroatoms. The second-order valence-electron chi connectivity index (χ2n) is 5.91. The lowest BCUT2D eigenvalue weighted by atomic mass is 9.95. The Morgan fingerprint density at radius 1 is 1.13 bits per heavy atom. The van der Waals surface area contributed by atoms with E-state index >= 15 is 0 Å². The fourth-order valence-electron chi connectivity index (χ4n) is 3.23. The third-order valence-corrected chi connectivity index (χ3v) is 4.43. The minimum absolute atomic E-state index is 0.0837. The maximum atomic E-state index is 11.5. The summed E-state index contributed by atoms with van der Waals surface area (Å²) in [5, 5.41) is 11.5. The van der Waals surface area contributed by atoms with Crippen LogP contribution in [0.3, 0.4) is 0 Å². The van der Waals surface area contributed by atoms with Gasteiger partial charge in [-0.15, -0.1) is 0 Å². The summed E-state index contributed by atoms with van der Waals surface area (Å²) in [6.45, 7) is 1.93. The highest BCUT2D eigenvalue weighted by atomic mass is 16.6. The fourth-order valence-corrected chi connectivity index (χ4v) is 3.23. The second kappa shape index (κ2) is 6.79. The molecule has 1 saturated heterocycles. The minimum Gasteiger partial charge on any atom is -0.497 e. The number of hydrogen-bond donors (Lipinski definition) is 0. The first-order chi connectivity index (χ1) is 11.2. The van der Waals surface area contributed by atoms with Gasteiger partial charge in [0.25, 0.3) is 0 Å². The van der Waals surface area contributed by atoms with Gasteiger partial charge in [0.15, 0.2) is 0 Å². The molecule has 1 fully saturated rings. The molecule has 0 bridgehead atoms. The summed E-state index contributed by atoms with van der Waals surface area (Å²) in [5.74, 6) is 0.685. The van der Waals surface area contributed by atoms with E-state index in [4.69, 9.17) is 4.74 Å². The highest BCUT2D eigenvalue weighted by molar-refractivity contribution is 5.31. The van der Waals surface area contributed by atoms with E-state index in [1.54, 1.807) is 7.11 Å². The van der Waals surface area contributed by atoms with Crippen LogP contribution in [0.4, 0.5) is 0 Å². The van der Waals surface area contributed by atoms with Gasteiger partial charge in [-0.2, -0.15) is 0 Å². The topological polar surface area (TPSA) is 55.6 Å². The molecular formula is C18H20N2O3. The van der Waals surface area contributed by atoms with Crippen LogP contribution in [0.5, 0.6) is 5.75 Å². The predicted molar refractivity (Wildman–Crippen MR) is 88.2 cm³/mol. The number of nitro groups is 1. The average Bonchev–Trinajstić information content (AvgIpc) is 3.00. The van der Waals surface area contributed by atoms with Gasteiger partial charge in [0.1, 0.15) is 5.75 Å². The lowest BCUT2D eigenvalue weighted by Gasteiger charge is -2.15. The first-order valence-electron chi connectivity index (χ1n) is 7.71. The summed E-state index contributed by atoms with van der Waals surface area (Å²) < 4.78 is 5.16. The van der Waals surface area contributed by atoms with Crippen LogP contribution >= 0.6 is 0 Å².